The molecule has 1 aliphatic carbocycles. The summed E-state index contributed by atoms with van der Waals surface area (Å²) >= 11 is 0. The fourth-order valence-corrected chi connectivity index (χ4v) is 3.67. The highest BCUT2D eigenvalue weighted by Crippen LogP contribution is 2.29. The lowest BCUT2D eigenvalue weighted by Crippen LogP contribution is -2.43. The van der Waals surface area contributed by atoms with Crippen LogP contribution in [0, 0.1) is 5.92 Å². The maximum Gasteiger partial charge on any atom is 0.226 e. The van der Waals surface area contributed by atoms with Gasteiger partial charge in [0.1, 0.15) is 0 Å². The van der Waals surface area contributed by atoms with E-state index in [1.165, 1.54) is 0 Å². The molecule has 0 spiro atoms. The van der Waals surface area contributed by atoms with Crippen LogP contribution in [0.1, 0.15) is 30.4 Å². The van der Waals surface area contributed by atoms with E-state index in [9.17, 15) is 9.90 Å². The minimum atomic E-state index is -0.472. The van der Waals surface area contributed by atoms with Crippen molar-refractivity contribution in [3.05, 3.63) is 71.8 Å². The van der Waals surface area contributed by atoms with Crippen LogP contribution in [-0.4, -0.2) is 35.2 Å². The molecule has 1 amide bonds. The predicted molar refractivity (Wildman–Crippen MR) is 101 cm³/mol. The summed E-state index contributed by atoms with van der Waals surface area (Å²) < 4.78 is 5.38. The highest BCUT2D eigenvalue weighted by molar-refractivity contribution is 5.79. The Hall–Kier alpha value is -2.17. The first kappa shape index (κ1) is 18.6. The SMILES string of the molecule is CO[C@@H]1C[C@H](C(=O)N(Cc2ccccc2)Cc2ccccc2)CC[C@@H]1O. The van der Waals surface area contributed by atoms with E-state index in [1.54, 1.807) is 7.11 Å². The van der Waals surface area contributed by atoms with Gasteiger partial charge in [-0.15, -0.1) is 0 Å². The highest BCUT2D eigenvalue weighted by Gasteiger charge is 2.35. The van der Waals surface area contributed by atoms with Crippen molar-refractivity contribution in [2.45, 2.75) is 44.6 Å². The Balaban J connectivity index is 1.76. The van der Waals surface area contributed by atoms with Gasteiger partial charge in [-0.3, -0.25) is 4.79 Å². The minimum Gasteiger partial charge on any atom is -0.390 e. The zero-order valence-electron chi connectivity index (χ0n) is 15.3. The number of carbonyl (C=O) groups is 1. The third-order valence-corrected chi connectivity index (χ3v) is 5.15. The first-order chi connectivity index (χ1) is 12.7. The molecule has 1 fully saturated rings. The molecule has 0 radical (unpaired) electrons. The number of ether oxygens (including phenoxy) is 1. The number of rotatable bonds is 6. The van der Waals surface area contributed by atoms with Crippen molar-refractivity contribution in [3.8, 4) is 0 Å². The van der Waals surface area contributed by atoms with Gasteiger partial charge in [-0.05, 0) is 30.4 Å². The van der Waals surface area contributed by atoms with Gasteiger partial charge in [-0.2, -0.15) is 0 Å². The Labute approximate surface area is 155 Å². The number of benzene rings is 2. The molecule has 4 nitrogen and oxygen atoms in total. The lowest BCUT2D eigenvalue weighted by atomic mass is 9.84. The van der Waals surface area contributed by atoms with Crippen LogP contribution >= 0.6 is 0 Å². The van der Waals surface area contributed by atoms with Gasteiger partial charge in [0.05, 0.1) is 12.2 Å². The molecule has 2 aromatic rings. The van der Waals surface area contributed by atoms with Crippen LogP contribution in [0.4, 0.5) is 0 Å². The highest BCUT2D eigenvalue weighted by atomic mass is 16.5. The smallest absolute Gasteiger partial charge is 0.226 e. The zero-order chi connectivity index (χ0) is 18.4. The standard InChI is InChI=1S/C22H27NO3/c1-26-21-14-19(12-13-20(21)24)22(25)23(15-17-8-4-2-5-9-17)16-18-10-6-3-7-11-18/h2-11,19-21,24H,12-16H2,1H3/t19-,20+,21-/m1/s1. The molecular formula is C22H27NO3. The second-order valence-electron chi connectivity index (χ2n) is 7.02. The number of carbonyl (C=O) groups excluding carboxylic acids is 1. The quantitative estimate of drug-likeness (QED) is 0.866. The van der Waals surface area contributed by atoms with Crippen LogP contribution < -0.4 is 0 Å². The number of hydrogen-bond donors (Lipinski definition) is 1. The minimum absolute atomic E-state index is 0.101. The van der Waals surface area contributed by atoms with Gasteiger partial charge in [0.15, 0.2) is 0 Å². The second-order valence-corrected chi connectivity index (χ2v) is 7.02. The van der Waals surface area contributed by atoms with Gasteiger partial charge in [0, 0.05) is 26.1 Å². The molecule has 0 bridgehead atoms. The summed E-state index contributed by atoms with van der Waals surface area (Å²) in [5.41, 5.74) is 2.24. The molecule has 4 heteroatoms. The largest absolute Gasteiger partial charge is 0.390 e. The van der Waals surface area contributed by atoms with Crippen LogP contribution in [0.2, 0.25) is 0 Å². The average Bonchev–Trinajstić information content (AvgIpc) is 2.69. The fraction of sp³-hybridized carbons (Fsp3) is 0.409. The van der Waals surface area contributed by atoms with E-state index < -0.39 is 6.10 Å². The van der Waals surface area contributed by atoms with Crippen molar-refractivity contribution in [2.24, 2.45) is 5.92 Å². The molecule has 3 rings (SSSR count). The van der Waals surface area contributed by atoms with Crippen molar-refractivity contribution >= 4 is 5.91 Å². The van der Waals surface area contributed by atoms with Crippen LogP contribution in [-0.2, 0) is 22.6 Å². The van der Waals surface area contributed by atoms with Crippen molar-refractivity contribution in [1.29, 1.82) is 0 Å². The molecule has 2 aromatic carbocycles. The number of aliphatic hydroxyl groups excluding tert-OH is 1. The van der Waals surface area contributed by atoms with E-state index in [2.05, 4.69) is 0 Å². The maximum absolute atomic E-state index is 13.3. The Bertz CT molecular complexity index is 648. The Morgan fingerprint density at radius 3 is 2.04 bits per heavy atom. The molecule has 0 aromatic heterocycles. The van der Waals surface area contributed by atoms with Crippen molar-refractivity contribution < 1.29 is 14.6 Å². The Morgan fingerprint density at radius 1 is 1.00 bits per heavy atom. The first-order valence-corrected chi connectivity index (χ1v) is 9.25. The van der Waals surface area contributed by atoms with E-state index in [1.807, 2.05) is 65.6 Å². The van der Waals surface area contributed by atoms with Gasteiger partial charge in [0.25, 0.3) is 0 Å². The number of amides is 1. The van der Waals surface area contributed by atoms with E-state index in [4.69, 9.17) is 4.74 Å². The van der Waals surface area contributed by atoms with E-state index in [-0.39, 0.29) is 17.9 Å². The predicted octanol–water partition coefficient (Wildman–Crippen LogP) is 3.39. The normalized spacial score (nSPS) is 22.8. The maximum atomic E-state index is 13.3. The number of aliphatic hydroxyl groups is 1. The molecule has 1 N–H and O–H groups in total. The number of nitrogens with zero attached hydrogens (tertiary/aromatic N) is 1. The van der Waals surface area contributed by atoms with E-state index >= 15 is 0 Å². The molecule has 1 saturated carbocycles. The van der Waals surface area contributed by atoms with Crippen molar-refractivity contribution in [2.75, 3.05) is 7.11 Å². The van der Waals surface area contributed by atoms with Crippen molar-refractivity contribution in [3.63, 3.8) is 0 Å². The Morgan fingerprint density at radius 2 is 1.54 bits per heavy atom. The molecular weight excluding hydrogens is 326 g/mol. The van der Waals surface area contributed by atoms with Crippen LogP contribution in [0.25, 0.3) is 0 Å². The third kappa shape index (κ3) is 4.71. The third-order valence-electron chi connectivity index (χ3n) is 5.15. The molecule has 0 aliphatic heterocycles. The van der Waals surface area contributed by atoms with Gasteiger partial charge < -0.3 is 14.7 Å². The van der Waals surface area contributed by atoms with E-state index in [0.29, 0.717) is 32.4 Å². The lowest BCUT2D eigenvalue weighted by Gasteiger charge is -2.35. The molecule has 26 heavy (non-hydrogen) atoms. The lowest BCUT2D eigenvalue weighted by molar-refractivity contribution is -0.142. The molecule has 1 aliphatic rings. The van der Waals surface area contributed by atoms with E-state index in [0.717, 1.165) is 11.1 Å². The summed E-state index contributed by atoms with van der Waals surface area (Å²) in [6.45, 7) is 1.18. The Kier molecular flexibility index (Phi) is 6.42. The second kappa shape index (κ2) is 8.97. The summed E-state index contributed by atoms with van der Waals surface area (Å²) in [7, 11) is 1.60. The van der Waals surface area contributed by atoms with Crippen LogP contribution in [0.5, 0.6) is 0 Å². The molecule has 0 heterocycles. The summed E-state index contributed by atoms with van der Waals surface area (Å²) in [5.74, 6) is 0.0439. The fourth-order valence-electron chi connectivity index (χ4n) is 3.67. The summed E-state index contributed by atoms with van der Waals surface area (Å²) in [5, 5.41) is 10.0. The number of methoxy groups -OCH3 is 1. The van der Waals surface area contributed by atoms with Gasteiger partial charge >= 0.3 is 0 Å². The van der Waals surface area contributed by atoms with Gasteiger partial charge in [0.2, 0.25) is 5.91 Å². The monoisotopic (exact) mass is 353 g/mol. The summed E-state index contributed by atoms with van der Waals surface area (Å²) in [4.78, 5) is 15.2. The van der Waals surface area contributed by atoms with Gasteiger partial charge in [-0.25, -0.2) is 0 Å². The molecule has 0 unspecified atom stereocenters. The molecule has 138 valence electrons. The van der Waals surface area contributed by atoms with Crippen LogP contribution in [0.3, 0.4) is 0 Å². The summed E-state index contributed by atoms with van der Waals surface area (Å²) in [6.07, 6.45) is 1.17. The van der Waals surface area contributed by atoms with Gasteiger partial charge in [-0.1, -0.05) is 60.7 Å². The first-order valence-electron chi connectivity index (χ1n) is 9.25. The van der Waals surface area contributed by atoms with Crippen molar-refractivity contribution in [1.82, 2.24) is 4.90 Å². The van der Waals surface area contributed by atoms with Crippen LogP contribution in [0.15, 0.2) is 60.7 Å². The number of hydrogen-bond acceptors (Lipinski definition) is 3. The average molecular weight is 353 g/mol. The summed E-state index contributed by atoms with van der Waals surface area (Å²) in [6, 6.07) is 20.2. The molecule has 3 atom stereocenters. The topological polar surface area (TPSA) is 49.8 Å². The molecule has 0 saturated heterocycles. The zero-order valence-corrected chi connectivity index (χ0v) is 15.3.